The number of aryl methyl sites for hydroxylation is 1. The summed E-state index contributed by atoms with van der Waals surface area (Å²) in [7, 11) is 1.96. The topological polar surface area (TPSA) is 63.6 Å². The monoisotopic (exact) mass is 469 g/mol. The van der Waals surface area contributed by atoms with Crippen LogP contribution in [-0.4, -0.2) is 46.8 Å². The van der Waals surface area contributed by atoms with Gasteiger partial charge in [0.2, 0.25) is 11.8 Å². The van der Waals surface area contributed by atoms with Gasteiger partial charge in [-0.25, -0.2) is 4.39 Å². The Morgan fingerprint density at radius 3 is 2.73 bits per heavy atom. The smallest absolute Gasteiger partial charge is 0.247 e. The minimum Gasteiger partial charge on any atom is -0.382 e. The first kappa shape index (κ1) is 23.3. The summed E-state index contributed by atoms with van der Waals surface area (Å²) in [5.41, 5.74) is 2.63. The van der Waals surface area contributed by atoms with Crippen LogP contribution in [-0.2, 0) is 27.9 Å². The Bertz CT molecular complexity index is 1150. The average molecular weight is 470 g/mol. The van der Waals surface area contributed by atoms with Crippen LogP contribution in [0.25, 0.3) is 10.9 Å². The zero-order valence-corrected chi connectivity index (χ0v) is 19.7. The highest BCUT2D eigenvalue weighted by molar-refractivity contribution is 8.00. The molecular weight excluding hydrogens is 441 g/mol. The third-order valence-electron chi connectivity index (χ3n) is 5.81. The molecule has 6 nitrogen and oxygen atoms in total. The number of carbonyl (C=O) groups is 2. The van der Waals surface area contributed by atoms with Gasteiger partial charge in [0, 0.05) is 49.8 Å². The van der Waals surface area contributed by atoms with E-state index in [0.717, 1.165) is 27.1 Å². The van der Waals surface area contributed by atoms with E-state index in [4.69, 9.17) is 4.74 Å². The van der Waals surface area contributed by atoms with Crippen LogP contribution in [0.2, 0.25) is 0 Å². The number of nitrogens with one attached hydrogen (secondary N) is 1. The fraction of sp³-hybridized carbons (Fsp3) is 0.360. The summed E-state index contributed by atoms with van der Waals surface area (Å²) in [5.74, 6) is -0.454. The van der Waals surface area contributed by atoms with Crippen molar-refractivity contribution in [3.05, 3.63) is 65.5 Å². The maximum atomic E-state index is 13.6. The van der Waals surface area contributed by atoms with Gasteiger partial charge in [0.1, 0.15) is 11.9 Å². The van der Waals surface area contributed by atoms with Gasteiger partial charge in [-0.2, -0.15) is 0 Å². The largest absolute Gasteiger partial charge is 0.382 e. The molecule has 1 aliphatic heterocycles. The van der Waals surface area contributed by atoms with Crippen LogP contribution in [0.15, 0.2) is 53.6 Å². The molecule has 4 rings (SSSR count). The van der Waals surface area contributed by atoms with Gasteiger partial charge in [0.15, 0.2) is 0 Å². The highest BCUT2D eigenvalue weighted by Crippen LogP contribution is 2.42. The van der Waals surface area contributed by atoms with Crippen molar-refractivity contribution in [3.8, 4) is 0 Å². The van der Waals surface area contributed by atoms with Gasteiger partial charge in [-0.1, -0.05) is 42.1 Å². The van der Waals surface area contributed by atoms with Crippen molar-refractivity contribution < 1.29 is 18.7 Å². The predicted octanol–water partition coefficient (Wildman–Crippen LogP) is 4.04. The van der Waals surface area contributed by atoms with Crippen molar-refractivity contribution in [2.75, 3.05) is 25.5 Å². The number of thioether (sulfide) groups is 1. The van der Waals surface area contributed by atoms with Gasteiger partial charge in [-0.05, 0) is 37.1 Å². The number of carbonyl (C=O) groups excluding carboxylic acids is 2. The normalized spacial score (nSPS) is 16.0. The van der Waals surface area contributed by atoms with Crippen molar-refractivity contribution in [1.29, 1.82) is 0 Å². The highest BCUT2D eigenvalue weighted by atomic mass is 32.2. The number of benzene rings is 2. The summed E-state index contributed by atoms with van der Waals surface area (Å²) in [4.78, 5) is 28.4. The third kappa shape index (κ3) is 4.91. The molecular formula is C25H28FN3O3S. The number of amides is 2. The Balaban J connectivity index is 1.74. The first-order chi connectivity index (χ1) is 16.0. The Hall–Kier alpha value is -2.84. The molecule has 0 unspecified atom stereocenters. The first-order valence-corrected chi connectivity index (χ1v) is 12.1. The van der Waals surface area contributed by atoms with E-state index in [9.17, 15) is 14.0 Å². The molecule has 8 heteroatoms. The molecule has 0 fully saturated rings. The second kappa shape index (κ2) is 10.4. The van der Waals surface area contributed by atoms with E-state index < -0.39 is 6.04 Å². The van der Waals surface area contributed by atoms with E-state index in [1.807, 2.05) is 38.2 Å². The fourth-order valence-electron chi connectivity index (χ4n) is 4.22. The number of hydrogen-bond acceptors (Lipinski definition) is 4. The van der Waals surface area contributed by atoms with E-state index in [2.05, 4.69) is 9.88 Å². The molecule has 1 aliphatic rings. The molecule has 2 heterocycles. The standard InChI is InChI=1S/C25H28FN3O3S/c1-3-32-14-6-13-27-24(31)23-22-19-7-4-5-8-20(19)28(2)25(22)33-16-21(30)29(23)15-17-9-11-18(26)12-10-17/h4-5,7-12,23H,3,6,13-16H2,1-2H3,(H,27,31)/t23-/m1/s1. The Kier molecular flexibility index (Phi) is 7.35. The van der Waals surface area contributed by atoms with Crippen molar-refractivity contribution in [3.63, 3.8) is 0 Å². The summed E-state index contributed by atoms with van der Waals surface area (Å²) in [5, 5.41) is 4.88. The lowest BCUT2D eigenvalue weighted by atomic mass is 10.0. The van der Waals surface area contributed by atoms with E-state index >= 15 is 0 Å². The van der Waals surface area contributed by atoms with Crippen LogP contribution < -0.4 is 5.32 Å². The third-order valence-corrected chi connectivity index (χ3v) is 6.97. The summed E-state index contributed by atoms with van der Waals surface area (Å²) in [6.45, 7) is 3.81. The lowest BCUT2D eigenvalue weighted by molar-refractivity contribution is -0.139. The lowest BCUT2D eigenvalue weighted by Gasteiger charge is -2.30. The van der Waals surface area contributed by atoms with Gasteiger partial charge in [0.25, 0.3) is 0 Å². The van der Waals surface area contributed by atoms with Crippen LogP contribution in [0.3, 0.4) is 0 Å². The molecule has 0 saturated carbocycles. The van der Waals surface area contributed by atoms with Crippen LogP contribution in [0.5, 0.6) is 0 Å². The molecule has 2 amide bonds. The van der Waals surface area contributed by atoms with Crippen molar-refractivity contribution in [2.24, 2.45) is 7.05 Å². The minimum absolute atomic E-state index is 0.126. The van der Waals surface area contributed by atoms with Gasteiger partial charge < -0.3 is 19.5 Å². The first-order valence-electron chi connectivity index (χ1n) is 11.1. The van der Waals surface area contributed by atoms with Crippen molar-refractivity contribution >= 4 is 34.5 Å². The van der Waals surface area contributed by atoms with E-state index in [1.165, 1.54) is 23.9 Å². The quantitative estimate of drug-likeness (QED) is 0.506. The SMILES string of the molecule is CCOCCCNC(=O)[C@H]1c2c(n(C)c3ccccc23)SCC(=O)N1Cc1ccc(F)cc1. The number of fused-ring (bicyclic) bond motifs is 3. The number of para-hydroxylation sites is 1. The maximum Gasteiger partial charge on any atom is 0.247 e. The maximum absolute atomic E-state index is 13.6. The number of halogens is 1. The molecule has 174 valence electrons. The lowest BCUT2D eigenvalue weighted by Crippen LogP contribution is -2.43. The molecule has 0 bridgehead atoms. The van der Waals surface area contributed by atoms with E-state index in [0.29, 0.717) is 26.2 Å². The molecule has 0 spiro atoms. The summed E-state index contributed by atoms with van der Waals surface area (Å²) < 4.78 is 20.9. The van der Waals surface area contributed by atoms with Crippen molar-refractivity contribution in [1.82, 2.24) is 14.8 Å². The molecule has 33 heavy (non-hydrogen) atoms. The number of rotatable bonds is 8. The molecule has 0 aliphatic carbocycles. The molecule has 1 N–H and O–H groups in total. The van der Waals surface area contributed by atoms with Crippen molar-refractivity contribution in [2.45, 2.75) is 31.0 Å². The summed E-state index contributed by atoms with van der Waals surface area (Å²) in [6, 6.07) is 13.2. The predicted molar refractivity (Wildman–Crippen MR) is 127 cm³/mol. The molecule has 0 saturated heterocycles. The zero-order chi connectivity index (χ0) is 23.4. The Morgan fingerprint density at radius 2 is 1.97 bits per heavy atom. The average Bonchev–Trinajstić information content (AvgIpc) is 3.00. The second-order valence-electron chi connectivity index (χ2n) is 7.98. The highest BCUT2D eigenvalue weighted by Gasteiger charge is 2.38. The summed E-state index contributed by atoms with van der Waals surface area (Å²) >= 11 is 1.45. The second-order valence-corrected chi connectivity index (χ2v) is 8.94. The van der Waals surface area contributed by atoms with Gasteiger partial charge >= 0.3 is 0 Å². The van der Waals surface area contributed by atoms with E-state index in [1.54, 1.807) is 17.0 Å². The van der Waals surface area contributed by atoms with E-state index in [-0.39, 0.29) is 29.9 Å². The zero-order valence-electron chi connectivity index (χ0n) is 18.8. The minimum atomic E-state index is -0.786. The Labute approximate surface area is 197 Å². The van der Waals surface area contributed by atoms with Crippen LogP contribution in [0.4, 0.5) is 4.39 Å². The van der Waals surface area contributed by atoms with Crippen LogP contribution >= 0.6 is 11.8 Å². The van der Waals surface area contributed by atoms with Gasteiger partial charge in [-0.3, -0.25) is 9.59 Å². The van der Waals surface area contributed by atoms with Crippen LogP contribution in [0.1, 0.15) is 30.5 Å². The number of aromatic nitrogens is 1. The van der Waals surface area contributed by atoms with Crippen LogP contribution in [0, 0.1) is 5.82 Å². The fourth-order valence-corrected chi connectivity index (χ4v) is 5.31. The number of ether oxygens (including phenoxy) is 1. The number of hydrogen-bond donors (Lipinski definition) is 1. The molecule has 1 aromatic heterocycles. The molecule has 2 aromatic carbocycles. The number of nitrogens with zero attached hydrogens (tertiary/aromatic N) is 2. The summed E-state index contributed by atoms with van der Waals surface area (Å²) in [6.07, 6.45) is 0.690. The molecule has 1 atom stereocenters. The Morgan fingerprint density at radius 1 is 1.21 bits per heavy atom. The van der Waals surface area contributed by atoms with Gasteiger partial charge in [-0.15, -0.1) is 0 Å². The van der Waals surface area contributed by atoms with Gasteiger partial charge in [0.05, 0.1) is 10.8 Å². The molecule has 0 radical (unpaired) electrons. The molecule has 3 aromatic rings.